The lowest BCUT2D eigenvalue weighted by atomic mass is 9.98. The lowest BCUT2D eigenvalue weighted by molar-refractivity contribution is -0.137. The molecule has 184 valence electrons. The fraction of sp³-hybridized carbons (Fsp3) is 0.346. The predicted molar refractivity (Wildman–Crippen MR) is 126 cm³/mol. The number of likely N-dealkylation sites (tertiary alicyclic amines) is 1. The minimum Gasteiger partial charge on any atom is -0.346 e. The molecule has 1 N–H and O–H groups in total. The molecule has 1 fully saturated rings. The monoisotopic (exact) mass is 484 g/mol. The van der Waals surface area contributed by atoms with E-state index in [1.165, 1.54) is 22.9 Å². The van der Waals surface area contributed by atoms with Crippen LogP contribution in [0.2, 0.25) is 0 Å². The predicted octanol–water partition coefficient (Wildman–Crippen LogP) is 4.52. The van der Waals surface area contributed by atoms with Gasteiger partial charge in [-0.1, -0.05) is 36.4 Å². The number of hydrogen-bond donors (Lipinski definition) is 1. The molecule has 0 unspecified atom stereocenters. The number of nitrogens with zero attached hydrogens (tertiary/aromatic N) is 3. The molecule has 1 aromatic heterocycles. The van der Waals surface area contributed by atoms with E-state index in [1.54, 1.807) is 6.92 Å². The van der Waals surface area contributed by atoms with Gasteiger partial charge >= 0.3 is 6.18 Å². The lowest BCUT2D eigenvalue weighted by Gasteiger charge is -2.33. The van der Waals surface area contributed by atoms with E-state index in [2.05, 4.69) is 15.3 Å². The average molecular weight is 485 g/mol. The Morgan fingerprint density at radius 3 is 2.37 bits per heavy atom. The molecule has 1 amide bonds. The standard InChI is InChI=1S/C26H27F3N4O2/c1-17-15-22(34)23(31-33(17)21-12-8-11-20(16-21)26(27,28)29)25(35)30-18(2)24(32-13-6-7-14-32)19-9-4-3-5-10-19/h3-5,8-12,15-16,18,24H,6-7,13-14H2,1-2H3,(H,30,35)/t18-,24-/m0/s1. The third kappa shape index (κ3) is 5.45. The zero-order valence-corrected chi connectivity index (χ0v) is 19.5. The Balaban J connectivity index is 1.64. The summed E-state index contributed by atoms with van der Waals surface area (Å²) >= 11 is 0. The average Bonchev–Trinajstić information content (AvgIpc) is 3.33. The van der Waals surface area contributed by atoms with E-state index in [4.69, 9.17) is 0 Å². The van der Waals surface area contributed by atoms with Crippen LogP contribution in [-0.4, -0.2) is 39.7 Å². The van der Waals surface area contributed by atoms with E-state index in [-0.39, 0.29) is 23.5 Å². The van der Waals surface area contributed by atoms with Crippen molar-refractivity contribution in [3.63, 3.8) is 0 Å². The number of aromatic nitrogens is 2. The zero-order chi connectivity index (χ0) is 25.2. The minimum atomic E-state index is -4.53. The first-order valence-corrected chi connectivity index (χ1v) is 11.5. The number of alkyl halides is 3. The van der Waals surface area contributed by atoms with Gasteiger partial charge in [0.25, 0.3) is 5.91 Å². The van der Waals surface area contributed by atoms with Gasteiger partial charge in [-0.3, -0.25) is 14.5 Å². The molecule has 2 heterocycles. The number of aryl methyl sites for hydroxylation is 1. The Bertz CT molecular complexity index is 1250. The van der Waals surface area contributed by atoms with Crippen LogP contribution in [-0.2, 0) is 6.18 Å². The SMILES string of the molecule is Cc1cc(=O)c(C(=O)N[C@@H](C)[C@@H](c2ccccc2)N2CCCC2)nn1-c1cccc(C(F)(F)F)c1. The summed E-state index contributed by atoms with van der Waals surface area (Å²) in [6.45, 7) is 5.25. The topological polar surface area (TPSA) is 67.2 Å². The molecule has 2 atom stereocenters. The van der Waals surface area contributed by atoms with Crippen molar-refractivity contribution < 1.29 is 18.0 Å². The quantitative estimate of drug-likeness (QED) is 0.559. The van der Waals surface area contributed by atoms with Crippen molar-refractivity contribution in [3.05, 3.63) is 93.4 Å². The molecule has 6 nitrogen and oxygen atoms in total. The smallest absolute Gasteiger partial charge is 0.346 e. The zero-order valence-electron chi connectivity index (χ0n) is 19.5. The molecule has 0 spiro atoms. The van der Waals surface area contributed by atoms with E-state index in [0.29, 0.717) is 5.69 Å². The number of amides is 1. The molecule has 1 aliphatic heterocycles. The summed E-state index contributed by atoms with van der Waals surface area (Å²) in [7, 11) is 0. The maximum Gasteiger partial charge on any atom is 0.416 e. The third-order valence-corrected chi connectivity index (χ3v) is 6.25. The molecule has 1 saturated heterocycles. The summed E-state index contributed by atoms with van der Waals surface area (Å²) in [5.41, 5.74) is -0.316. The van der Waals surface area contributed by atoms with Crippen molar-refractivity contribution >= 4 is 5.91 Å². The highest BCUT2D eigenvalue weighted by Crippen LogP contribution is 2.30. The van der Waals surface area contributed by atoms with Gasteiger partial charge < -0.3 is 5.32 Å². The van der Waals surface area contributed by atoms with Gasteiger partial charge in [-0.15, -0.1) is 0 Å². The summed E-state index contributed by atoms with van der Waals surface area (Å²) in [5.74, 6) is -0.664. The van der Waals surface area contributed by atoms with Crippen molar-refractivity contribution in [2.75, 3.05) is 13.1 Å². The molecule has 3 aromatic rings. The van der Waals surface area contributed by atoms with Crippen LogP contribution >= 0.6 is 0 Å². The number of carbonyl (C=O) groups excluding carboxylic acids is 1. The van der Waals surface area contributed by atoms with Crippen LogP contribution in [0.1, 0.15) is 53.1 Å². The summed E-state index contributed by atoms with van der Waals surface area (Å²) in [6.07, 6.45) is -2.38. The van der Waals surface area contributed by atoms with Crippen LogP contribution < -0.4 is 10.7 Å². The number of halogens is 3. The second-order valence-corrected chi connectivity index (χ2v) is 8.82. The highest BCUT2D eigenvalue weighted by atomic mass is 19.4. The summed E-state index contributed by atoms with van der Waals surface area (Å²) in [4.78, 5) is 28.1. The fourth-order valence-corrected chi connectivity index (χ4v) is 4.62. The van der Waals surface area contributed by atoms with Crippen LogP contribution in [0.3, 0.4) is 0 Å². The number of nitrogens with one attached hydrogen (secondary N) is 1. The Morgan fingerprint density at radius 2 is 1.71 bits per heavy atom. The largest absolute Gasteiger partial charge is 0.416 e. The van der Waals surface area contributed by atoms with E-state index < -0.39 is 23.1 Å². The molecule has 1 aliphatic rings. The number of rotatable bonds is 6. The van der Waals surface area contributed by atoms with E-state index in [9.17, 15) is 22.8 Å². The molecular weight excluding hydrogens is 457 g/mol. The molecule has 0 radical (unpaired) electrons. The molecule has 4 rings (SSSR count). The van der Waals surface area contributed by atoms with Crippen molar-refractivity contribution in [2.24, 2.45) is 0 Å². The van der Waals surface area contributed by atoms with Gasteiger partial charge in [-0.25, -0.2) is 4.68 Å². The maximum absolute atomic E-state index is 13.2. The number of benzene rings is 2. The summed E-state index contributed by atoms with van der Waals surface area (Å²) in [6, 6.07) is 15.2. The van der Waals surface area contributed by atoms with Gasteiger partial charge in [0.1, 0.15) is 0 Å². The summed E-state index contributed by atoms with van der Waals surface area (Å²) in [5, 5.41) is 7.07. The van der Waals surface area contributed by atoms with Crippen LogP contribution in [0.5, 0.6) is 0 Å². The van der Waals surface area contributed by atoms with Crippen LogP contribution in [0, 0.1) is 6.92 Å². The maximum atomic E-state index is 13.2. The Hall–Kier alpha value is -3.46. The Morgan fingerprint density at radius 1 is 1.03 bits per heavy atom. The van der Waals surface area contributed by atoms with Crippen molar-refractivity contribution in [2.45, 2.75) is 44.9 Å². The van der Waals surface area contributed by atoms with Crippen molar-refractivity contribution in [1.82, 2.24) is 20.0 Å². The van der Waals surface area contributed by atoms with Crippen LogP contribution in [0.4, 0.5) is 13.2 Å². The third-order valence-electron chi connectivity index (χ3n) is 6.25. The first kappa shape index (κ1) is 24.7. The lowest BCUT2D eigenvalue weighted by Crippen LogP contribution is -2.45. The molecule has 9 heteroatoms. The molecule has 0 aliphatic carbocycles. The van der Waals surface area contributed by atoms with Gasteiger partial charge in [0.2, 0.25) is 5.43 Å². The van der Waals surface area contributed by atoms with Crippen molar-refractivity contribution in [1.29, 1.82) is 0 Å². The van der Waals surface area contributed by atoms with E-state index >= 15 is 0 Å². The first-order valence-electron chi connectivity index (χ1n) is 11.5. The van der Waals surface area contributed by atoms with Crippen molar-refractivity contribution in [3.8, 4) is 5.69 Å². The van der Waals surface area contributed by atoms with Gasteiger partial charge in [-0.2, -0.15) is 18.3 Å². The van der Waals surface area contributed by atoms with Gasteiger partial charge in [0, 0.05) is 17.8 Å². The molecule has 0 saturated carbocycles. The van der Waals surface area contributed by atoms with Crippen LogP contribution in [0.25, 0.3) is 5.69 Å². The molecule has 0 bridgehead atoms. The highest BCUT2D eigenvalue weighted by molar-refractivity contribution is 5.92. The van der Waals surface area contributed by atoms with E-state index in [0.717, 1.165) is 43.6 Å². The second kappa shape index (κ2) is 10.0. The van der Waals surface area contributed by atoms with Gasteiger partial charge in [-0.05, 0) is 63.5 Å². The molecule has 35 heavy (non-hydrogen) atoms. The molecule has 2 aromatic carbocycles. The number of carbonyl (C=O) groups is 1. The fourth-order valence-electron chi connectivity index (χ4n) is 4.62. The second-order valence-electron chi connectivity index (χ2n) is 8.82. The van der Waals surface area contributed by atoms with E-state index in [1.807, 2.05) is 37.3 Å². The van der Waals surface area contributed by atoms with Gasteiger partial charge in [0.15, 0.2) is 5.69 Å². The highest BCUT2D eigenvalue weighted by Gasteiger charge is 2.32. The minimum absolute atomic E-state index is 0.0845. The normalized spacial score (nSPS) is 16.1. The Kier molecular flexibility index (Phi) is 7.07. The number of hydrogen-bond acceptors (Lipinski definition) is 4. The first-order chi connectivity index (χ1) is 16.6. The van der Waals surface area contributed by atoms with Gasteiger partial charge in [0.05, 0.1) is 17.3 Å². The molecular formula is C26H27F3N4O2. The van der Waals surface area contributed by atoms with Crippen LogP contribution in [0.15, 0.2) is 65.5 Å². The Labute approximate surface area is 201 Å². The summed E-state index contributed by atoms with van der Waals surface area (Å²) < 4.78 is 40.8.